The first-order valence-electron chi connectivity index (χ1n) is 11.5. The number of ether oxygens (including phenoxy) is 3. The molecule has 3 atom stereocenters. The smallest absolute Gasteiger partial charge is 0.410 e. The molecular formula is C24H38N4O4. The number of carbonyl (C=O) groups is 1. The Morgan fingerprint density at radius 1 is 1.22 bits per heavy atom. The van der Waals surface area contributed by atoms with Crippen molar-refractivity contribution in [1.82, 2.24) is 15.5 Å². The molecule has 1 aromatic rings. The first kappa shape index (κ1) is 24.0. The van der Waals surface area contributed by atoms with Crippen LogP contribution in [0.25, 0.3) is 0 Å². The summed E-state index contributed by atoms with van der Waals surface area (Å²) in [6.45, 7) is 8.36. The molecule has 0 spiro atoms. The summed E-state index contributed by atoms with van der Waals surface area (Å²) in [6.07, 6.45) is 3.61. The van der Waals surface area contributed by atoms with Crippen molar-refractivity contribution in [1.29, 1.82) is 0 Å². The van der Waals surface area contributed by atoms with Gasteiger partial charge in [-0.05, 0) is 65.5 Å². The molecule has 0 aliphatic carbocycles. The average molecular weight is 447 g/mol. The van der Waals surface area contributed by atoms with Crippen molar-refractivity contribution in [3.63, 3.8) is 0 Å². The van der Waals surface area contributed by atoms with Gasteiger partial charge in [-0.25, -0.2) is 4.79 Å². The maximum atomic E-state index is 12.7. The Kier molecular flexibility index (Phi) is 7.74. The standard InChI is InChI=1S/C24H38N4O4/c1-16(31-21-9-7-8-20(14-21)30-6)15-26-22(25-5)27-17-12-18-10-11-19(13-17)28(18)23(29)32-24(2,3)4/h7-9,14,16-19H,10-13,15H2,1-6H3,(H2,25,26,27). The lowest BCUT2D eigenvalue weighted by molar-refractivity contribution is 0.00544. The zero-order chi connectivity index (χ0) is 23.3. The molecule has 2 heterocycles. The molecule has 178 valence electrons. The summed E-state index contributed by atoms with van der Waals surface area (Å²) >= 11 is 0. The van der Waals surface area contributed by atoms with Crippen LogP contribution in [0.3, 0.4) is 0 Å². The normalized spacial score (nSPS) is 24.0. The summed E-state index contributed by atoms with van der Waals surface area (Å²) < 4.78 is 16.9. The number of methoxy groups -OCH3 is 1. The van der Waals surface area contributed by atoms with Crippen molar-refractivity contribution >= 4 is 12.1 Å². The molecule has 3 unspecified atom stereocenters. The molecule has 3 rings (SSSR count). The lowest BCUT2D eigenvalue weighted by atomic mass is 9.98. The largest absolute Gasteiger partial charge is 0.497 e. The highest BCUT2D eigenvalue weighted by Gasteiger charge is 2.45. The van der Waals surface area contributed by atoms with Gasteiger partial charge in [-0.3, -0.25) is 4.99 Å². The molecular weight excluding hydrogens is 408 g/mol. The minimum atomic E-state index is -0.471. The molecule has 0 saturated carbocycles. The SMILES string of the molecule is CN=C(NCC(C)Oc1cccc(OC)c1)NC1CC2CCC(C1)N2C(=O)OC(C)(C)C. The Morgan fingerprint density at radius 2 is 1.88 bits per heavy atom. The van der Waals surface area contributed by atoms with Crippen LogP contribution in [0.2, 0.25) is 0 Å². The van der Waals surface area contributed by atoms with Crippen LogP contribution >= 0.6 is 0 Å². The van der Waals surface area contributed by atoms with Crippen molar-refractivity contribution in [2.24, 2.45) is 4.99 Å². The Balaban J connectivity index is 1.48. The Bertz CT molecular complexity index is 793. The van der Waals surface area contributed by atoms with Gasteiger partial charge in [0.05, 0.1) is 13.7 Å². The fourth-order valence-corrected chi connectivity index (χ4v) is 4.48. The van der Waals surface area contributed by atoms with Gasteiger partial charge in [0, 0.05) is 31.2 Å². The van der Waals surface area contributed by atoms with Gasteiger partial charge < -0.3 is 29.7 Å². The van der Waals surface area contributed by atoms with Crippen molar-refractivity contribution in [2.75, 3.05) is 20.7 Å². The number of fused-ring (bicyclic) bond motifs is 2. The molecule has 0 aromatic heterocycles. The molecule has 2 aliphatic heterocycles. The quantitative estimate of drug-likeness (QED) is 0.514. The van der Waals surface area contributed by atoms with Crippen LogP contribution in [0.1, 0.15) is 53.4 Å². The summed E-state index contributed by atoms with van der Waals surface area (Å²) in [5.41, 5.74) is -0.471. The third kappa shape index (κ3) is 6.43. The Morgan fingerprint density at radius 3 is 2.47 bits per heavy atom. The Labute approximate surface area is 191 Å². The van der Waals surface area contributed by atoms with Gasteiger partial charge in [0.1, 0.15) is 23.2 Å². The van der Waals surface area contributed by atoms with Gasteiger partial charge in [0.15, 0.2) is 5.96 Å². The first-order chi connectivity index (χ1) is 15.2. The van der Waals surface area contributed by atoms with E-state index in [9.17, 15) is 4.79 Å². The van der Waals surface area contributed by atoms with Crippen LogP contribution in [0.5, 0.6) is 11.5 Å². The number of piperidine rings is 1. The van der Waals surface area contributed by atoms with E-state index in [0.29, 0.717) is 6.54 Å². The van der Waals surface area contributed by atoms with Crippen molar-refractivity contribution in [2.45, 2.75) is 83.2 Å². The number of rotatable bonds is 6. The van der Waals surface area contributed by atoms with Crippen LogP contribution < -0.4 is 20.1 Å². The van der Waals surface area contributed by atoms with Crippen LogP contribution in [-0.2, 0) is 4.74 Å². The molecule has 1 amide bonds. The van der Waals surface area contributed by atoms with Crippen LogP contribution in [-0.4, -0.2) is 67.5 Å². The number of guanidine groups is 1. The second kappa shape index (κ2) is 10.3. The van der Waals surface area contributed by atoms with Gasteiger partial charge in [0.2, 0.25) is 0 Å². The van der Waals surface area contributed by atoms with Gasteiger partial charge in [-0.15, -0.1) is 0 Å². The third-order valence-corrected chi connectivity index (χ3v) is 5.84. The zero-order valence-corrected chi connectivity index (χ0v) is 20.2. The van der Waals surface area contributed by atoms with Crippen LogP contribution in [0.4, 0.5) is 4.79 Å². The highest BCUT2D eigenvalue weighted by Crippen LogP contribution is 2.36. The van der Waals surface area contributed by atoms with Gasteiger partial charge >= 0.3 is 6.09 Å². The first-order valence-corrected chi connectivity index (χ1v) is 11.5. The molecule has 0 radical (unpaired) electrons. The van der Waals surface area contributed by atoms with E-state index in [4.69, 9.17) is 14.2 Å². The summed E-state index contributed by atoms with van der Waals surface area (Å²) in [5, 5.41) is 6.89. The second-order valence-electron chi connectivity index (χ2n) is 9.65. The molecule has 32 heavy (non-hydrogen) atoms. The second-order valence-corrected chi connectivity index (χ2v) is 9.65. The fourth-order valence-electron chi connectivity index (χ4n) is 4.48. The number of hydrogen-bond donors (Lipinski definition) is 2. The van der Waals surface area contributed by atoms with E-state index in [0.717, 1.165) is 43.1 Å². The molecule has 2 fully saturated rings. The highest BCUT2D eigenvalue weighted by molar-refractivity contribution is 5.80. The maximum Gasteiger partial charge on any atom is 0.410 e. The van der Waals surface area contributed by atoms with E-state index in [2.05, 4.69) is 15.6 Å². The summed E-state index contributed by atoms with van der Waals surface area (Å²) in [4.78, 5) is 19.0. The van der Waals surface area contributed by atoms with E-state index in [1.54, 1.807) is 14.2 Å². The van der Waals surface area contributed by atoms with Gasteiger partial charge in [-0.1, -0.05) is 6.07 Å². The minimum Gasteiger partial charge on any atom is -0.497 e. The summed E-state index contributed by atoms with van der Waals surface area (Å²) in [5.74, 6) is 2.29. The summed E-state index contributed by atoms with van der Waals surface area (Å²) in [7, 11) is 3.41. The number of hydrogen-bond acceptors (Lipinski definition) is 5. The van der Waals surface area contributed by atoms with E-state index in [1.165, 1.54) is 0 Å². The molecule has 8 nitrogen and oxygen atoms in total. The van der Waals surface area contributed by atoms with E-state index in [-0.39, 0.29) is 30.3 Å². The van der Waals surface area contributed by atoms with Crippen LogP contribution in [0.15, 0.2) is 29.3 Å². The van der Waals surface area contributed by atoms with Crippen molar-refractivity contribution < 1.29 is 19.0 Å². The zero-order valence-electron chi connectivity index (χ0n) is 20.2. The van der Waals surface area contributed by atoms with E-state index < -0.39 is 5.60 Å². The monoisotopic (exact) mass is 446 g/mol. The van der Waals surface area contributed by atoms with E-state index in [1.807, 2.05) is 56.9 Å². The predicted octanol–water partition coefficient (Wildman–Crippen LogP) is 3.56. The molecule has 8 heteroatoms. The van der Waals surface area contributed by atoms with Gasteiger partial charge in [-0.2, -0.15) is 0 Å². The minimum absolute atomic E-state index is 0.0501. The van der Waals surface area contributed by atoms with E-state index >= 15 is 0 Å². The lowest BCUT2D eigenvalue weighted by Crippen LogP contribution is -2.55. The predicted molar refractivity (Wildman–Crippen MR) is 125 cm³/mol. The van der Waals surface area contributed by atoms with Crippen molar-refractivity contribution in [3.05, 3.63) is 24.3 Å². The number of carbonyl (C=O) groups excluding carboxylic acids is 1. The lowest BCUT2D eigenvalue weighted by Gasteiger charge is -2.40. The average Bonchev–Trinajstić information content (AvgIpc) is 3.00. The number of benzene rings is 1. The van der Waals surface area contributed by atoms with Crippen molar-refractivity contribution in [3.8, 4) is 11.5 Å². The number of amides is 1. The molecule has 2 N–H and O–H groups in total. The fraction of sp³-hybridized carbons (Fsp3) is 0.667. The third-order valence-electron chi connectivity index (χ3n) is 5.84. The molecule has 2 saturated heterocycles. The molecule has 2 bridgehead atoms. The summed E-state index contributed by atoms with van der Waals surface area (Å²) in [6, 6.07) is 8.30. The topological polar surface area (TPSA) is 84.4 Å². The number of nitrogens with zero attached hydrogens (tertiary/aromatic N) is 2. The number of aliphatic imine (C=N–C) groups is 1. The highest BCUT2D eigenvalue weighted by atomic mass is 16.6. The Hall–Kier alpha value is -2.64. The van der Waals surface area contributed by atoms with Crippen LogP contribution in [0, 0.1) is 0 Å². The molecule has 2 aliphatic rings. The van der Waals surface area contributed by atoms with Gasteiger partial charge in [0.25, 0.3) is 0 Å². The maximum absolute atomic E-state index is 12.7. The molecule has 1 aromatic carbocycles. The number of nitrogens with one attached hydrogen (secondary N) is 2.